The Morgan fingerprint density at radius 3 is 2.50 bits per heavy atom. The molecule has 2 aliphatic rings. The second-order valence-electron chi connectivity index (χ2n) is 9.36. The molecule has 2 amide bonds. The van der Waals surface area contributed by atoms with E-state index in [1.54, 1.807) is 12.1 Å². The number of nitrogens with one attached hydrogen (secondary N) is 1. The Morgan fingerprint density at radius 1 is 1.00 bits per heavy atom. The van der Waals surface area contributed by atoms with E-state index in [1.165, 1.54) is 10.9 Å². The third kappa shape index (κ3) is 5.65. The molecular weight excluding hydrogens is 501 g/mol. The standard InChI is InChI=1S/C26H27Cl2N5O3/c27-22-7-2-17(13-23(22)28)1-6-20(34)15-33-16-29-24-8-5-19(14-21(24)25(33)35)31-9-11-32(12-10-31)26(36)30-18-3-4-18/h2,5,7-8,13-14,16,18H,1,3-4,6,9-12,15H2,(H,30,36). The lowest BCUT2D eigenvalue weighted by Gasteiger charge is -2.36. The van der Waals surface area contributed by atoms with Gasteiger partial charge < -0.3 is 15.1 Å². The summed E-state index contributed by atoms with van der Waals surface area (Å²) in [6.07, 6.45) is 4.36. The first-order valence-corrected chi connectivity index (χ1v) is 12.9. The molecule has 0 unspecified atom stereocenters. The van der Waals surface area contributed by atoms with Gasteiger partial charge in [0.05, 0.1) is 33.8 Å². The van der Waals surface area contributed by atoms with Gasteiger partial charge in [-0.25, -0.2) is 9.78 Å². The summed E-state index contributed by atoms with van der Waals surface area (Å²) in [7, 11) is 0. The van der Waals surface area contributed by atoms with E-state index in [4.69, 9.17) is 23.2 Å². The van der Waals surface area contributed by atoms with Crippen molar-refractivity contribution >= 4 is 51.6 Å². The minimum atomic E-state index is -0.243. The normalized spacial score (nSPS) is 15.8. The quantitative estimate of drug-likeness (QED) is 0.503. The average molecular weight is 528 g/mol. The molecular formula is C26H27Cl2N5O3. The number of carbonyl (C=O) groups excluding carboxylic acids is 2. The number of halogens is 2. The number of hydrogen-bond donors (Lipinski definition) is 1. The Balaban J connectivity index is 1.23. The zero-order valence-corrected chi connectivity index (χ0v) is 21.3. The van der Waals surface area contributed by atoms with Crippen LogP contribution in [0, 0.1) is 0 Å². The largest absolute Gasteiger partial charge is 0.368 e. The van der Waals surface area contributed by atoms with E-state index in [2.05, 4.69) is 15.2 Å². The Labute approximate surface area is 218 Å². The highest BCUT2D eigenvalue weighted by molar-refractivity contribution is 6.42. The van der Waals surface area contributed by atoms with Crippen LogP contribution < -0.4 is 15.8 Å². The Bertz CT molecular complexity index is 1360. The number of carbonyl (C=O) groups is 2. The molecule has 1 aromatic heterocycles. The molecule has 0 bridgehead atoms. The van der Waals surface area contributed by atoms with Gasteiger partial charge in [0.15, 0.2) is 5.78 Å². The zero-order chi connectivity index (χ0) is 25.2. The van der Waals surface area contributed by atoms with Crippen molar-refractivity contribution in [2.24, 2.45) is 0 Å². The minimum Gasteiger partial charge on any atom is -0.368 e. The highest BCUT2D eigenvalue weighted by Crippen LogP contribution is 2.24. The summed E-state index contributed by atoms with van der Waals surface area (Å²) in [5.41, 5.74) is 2.17. The molecule has 2 aromatic carbocycles. The number of aromatic nitrogens is 2. The fourth-order valence-corrected chi connectivity index (χ4v) is 4.69. The number of hydrogen-bond acceptors (Lipinski definition) is 5. The van der Waals surface area contributed by atoms with Crippen LogP contribution in [-0.4, -0.2) is 58.5 Å². The summed E-state index contributed by atoms with van der Waals surface area (Å²) in [4.78, 5) is 46.5. The third-order valence-corrected chi connectivity index (χ3v) is 7.41. The van der Waals surface area contributed by atoms with Gasteiger partial charge in [-0.1, -0.05) is 29.3 Å². The summed E-state index contributed by atoms with van der Waals surface area (Å²) in [6, 6.07) is 11.3. The summed E-state index contributed by atoms with van der Waals surface area (Å²) < 4.78 is 1.36. The first kappa shape index (κ1) is 24.6. The number of nitrogens with zero attached hydrogens (tertiary/aromatic N) is 4. The van der Waals surface area contributed by atoms with Gasteiger partial charge in [0, 0.05) is 44.3 Å². The summed E-state index contributed by atoms with van der Waals surface area (Å²) in [5, 5.41) is 4.43. The third-order valence-electron chi connectivity index (χ3n) is 6.67. The maximum absolute atomic E-state index is 13.2. The number of anilines is 1. The van der Waals surface area contributed by atoms with E-state index >= 15 is 0 Å². The second kappa shape index (κ2) is 10.5. The number of ketones is 1. The van der Waals surface area contributed by atoms with Crippen LogP contribution in [0.2, 0.25) is 10.0 Å². The molecule has 10 heteroatoms. The van der Waals surface area contributed by atoms with Crippen molar-refractivity contribution in [2.45, 2.75) is 38.3 Å². The molecule has 8 nitrogen and oxygen atoms in total. The van der Waals surface area contributed by atoms with Gasteiger partial charge in [-0.3, -0.25) is 14.2 Å². The number of Topliss-reactive ketones (excluding diaryl/α,β-unsaturated/α-hetero) is 1. The number of benzene rings is 2. The molecule has 0 radical (unpaired) electrons. The molecule has 1 N–H and O–H groups in total. The smallest absolute Gasteiger partial charge is 0.317 e. The lowest BCUT2D eigenvalue weighted by Crippen LogP contribution is -2.52. The molecule has 188 valence electrons. The molecule has 3 aromatic rings. The van der Waals surface area contributed by atoms with Gasteiger partial charge in [-0.05, 0) is 55.2 Å². The van der Waals surface area contributed by atoms with Crippen LogP contribution in [-0.2, 0) is 17.8 Å². The molecule has 1 saturated carbocycles. The van der Waals surface area contributed by atoms with Crippen LogP contribution in [0.3, 0.4) is 0 Å². The first-order valence-electron chi connectivity index (χ1n) is 12.1. The molecule has 2 heterocycles. The first-order chi connectivity index (χ1) is 17.4. The predicted molar refractivity (Wildman–Crippen MR) is 141 cm³/mol. The molecule has 0 atom stereocenters. The number of urea groups is 1. The fourth-order valence-electron chi connectivity index (χ4n) is 4.37. The predicted octanol–water partition coefficient (Wildman–Crippen LogP) is 3.90. The van der Waals surface area contributed by atoms with Gasteiger partial charge in [0.2, 0.25) is 0 Å². The second-order valence-corrected chi connectivity index (χ2v) is 10.2. The van der Waals surface area contributed by atoms with Gasteiger partial charge in [0.25, 0.3) is 5.56 Å². The molecule has 1 saturated heterocycles. The Morgan fingerprint density at radius 2 is 1.78 bits per heavy atom. The maximum atomic E-state index is 13.2. The maximum Gasteiger partial charge on any atom is 0.317 e. The van der Waals surface area contributed by atoms with Crippen molar-refractivity contribution in [2.75, 3.05) is 31.1 Å². The van der Waals surface area contributed by atoms with E-state index in [1.807, 2.05) is 29.2 Å². The van der Waals surface area contributed by atoms with Crippen molar-refractivity contribution in [3.63, 3.8) is 0 Å². The van der Waals surface area contributed by atoms with E-state index in [0.29, 0.717) is 59.6 Å². The van der Waals surface area contributed by atoms with Gasteiger partial charge in [-0.2, -0.15) is 0 Å². The highest BCUT2D eigenvalue weighted by atomic mass is 35.5. The molecule has 0 spiro atoms. The van der Waals surface area contributed by atoms with Gasteiger partial charge >= 0.3 is 6.03 Å². The summed E-state index contributed by atoms with van der Waals surface area (Å²) in [5.74, 6) is -0.0685. The number of fused-ring (bicyclic) bond motifs is 1. The molecule has 5 rings (SSSR count). The number of piperazine rings is 1. The van der Waals surface area contributed by atoms with Crippen LogP contribution in [0.1, 0.15) is 24.8 Å². The van der Waals surface area contributed by atoms with Gasteiger partial charge in [0.1, 0.15) is 0 Å². The Hall–Kier alpha value is -3.10. The fraction of sp³-hybridized carbons (Fsp3) is 0.385. The Kier molecular flexibility index (Phi) is 7.16. The lowest BCUT2D eigenvalue weighted by molar-refractivity contribution is -0.119. The highest BCUT2D eigenvalue weighted by Gasteiger charge is 2.28. The van der Waals surface area contributed by atoms with E-state index in [9.17, 15) is 14.4 Å². The van der Waals surface area contributed by atoms with Crippen molar-refractivity contribution in [1.82, 2.24) is 19.8 Å². The summed E-state index contributed by atoms with van der Waals surface area (Å²) >= 11 is 12.0. The molecule has 2 fully saturated rings. The van der Waals surface area contributed by atoms with Crippen LogP contribution in [0.25, 0.3) is 10.9 Å². The molecule has 1 aliphatic heterocycles. The average Bonchev–Trinajstić information content (AvgIpc) is 3.70. The molecule has 36 heavy (non-hydrogen) atoms. The monoisotopic (exact) mass is 527 g/mol. The van der Waals surface area contributed by atoms with Crippen LogP contribution in [0.4, 0.5) is 10.5 Å². The van der Waals surface area contributed by atoms with Crippen LogP contribution >= 0.6 is 23.2 Å². The van der Waals surface area contributed by atoms with Crippen LogP contribution in [0.5, 0.6) is 0 Å². The number of rotatable bonds is 7. The van der Waals surface area contributed by atoms with E-state index < -0.39 is 0 Å². The van der Waals surface area contributed by atoms with E-state index in [0.717, 1.165) is 24.1 Å². The van der Waals surface area contributed by atoms with Crippen molar-refractivity contribution in [1.29, 1.82) is 0 Å². The SMILES string of the molecule is O=C(CCc1ccc(Cl)c(Cl)c1)Cn1cnc2ccc(N3CCN(C(=O)NC4CC4)CC3)cc2c1=O. The van der Waals surface area contributed by atoms with Crippen molar-refractivity contribution in [3.8, 4) is 0 Å². The molecule has 1 aliphatic carbocycles. The van der Waals surface area contributed by atoms with Crippen molar-refractivity contribution < 1.29 is 9.59 Å². The summed E-state index contributed by atoms with van der Waals surface area (Å²) in [6.45, 7) is 2.58. The number of aryl methyl sites for hydroxylation is 1. The van der Waals surface area contributed by atoms with E-state index in [-0.39, 0.29) is 30.3 Å². The zero-order valence-electron chi connectivity index (χ0n) is 19.8. The van der Waals surface area contributed by atoms with Gasteiger partial charge in [-0.15, -0.1) is 0 Å². The minimum absolute atomic E-state index is 0.00609. The number of amides is 2. The lowest BCUT2D eigenvalue weighted by atomic mass is 10.1. The van der Waals surface area contributed by atoms with Crippen LogP contribution in [0.15, 0.2) is 47.5 Å². The topological polar surface area (TPSA) is 87.5 Å². The van der Waals surface area contributed by atoms with Crippen molar-refractivity contribution in [3.05, 3.63) is 68.7 Å².